The van der Waals surface area contributed by atoms with Gasteiger partial charge in [0.15, 0.2) is 0 Å². The zero-order chi connectivity index (χ0) is 12.4. The SMILES string of the molecule is Cc1csc(C(C)NCc2nnc(C)n2C)n1. The van der Waals surface area contributed by atoms with Gasteiger partial charge in [0.1, 0.15) is 16.7 Å². The van der Waals surface area contributed by atoms with Crippen LogP contribution in [0.15, 0.2) is 5.38 Å². The summed E-state index contributed by atoms with van der Waals surface area (Å²) in [5.74, 6) is 1.88. The Hall–Kier alpha value is -1.27. The van der Waals surface area contributed by atoms with E-state index < -0.39 is 0 Å². The second-order valence-electron chi connectivity index (χ2n) is 4.15. The van der Waals surface area contributed by atoms with Crippen LogP contribution < -0.4 is 5.32 Å². The monoisotopic (exact) mass is 251 g/mol. The van der Waals surface area contributed by atoms with E-state index in [-0.39, 0.29) is 6.04 Å². The highest BCUT2D eigenvalue weighted by Gasteiger charge is 2.11. The molecule has 2 heterocycles. The molecule has 0 aliphatic carbocycles. The summed E-state index contributed by atoms with van der Waals surface area (Å²) in [6, 6.07) is 0.241. The molecule has 2 aromatic heterocycles. The van der Waals surface area contributed by atoms with Crippen LogP contribution in [0, 0.1) is 13.8 Å². The summed E-state index contributed by atoms with van der Waals surface area (Å²) in [7, 11) is 1.98. The highest BCUT2D eigenvalue weighted by atomic mass is 32.1. The first kappa shape index (κ1) is 12.2. The van der Waals surface area contributed by atoms with Gasteiger partial charge >= 0.3 is 0 Å². The van der Waals surface area contributed by atoms with Crippen molar-refractivity contribution in [3.63, 3.8) is 0 Å². The van der Waals surface area contributed by atoms with E-state index in [0.717, 1.165) is 22.4 Å². The molecular formula is C11H17N5S. The smallest absolute Gasteiger partial charge is 0.146 e. The molecule has 0 radical (unpaired) electrons. The number of nitrogens with zero attached hydrogens (tertiary/aromatic N) is 4. The average Bonchev–Trinajstić information content (AvgIpc) is 2.86. The molecule has 2 aromatic rings. The summed E-state index contributed by atoms with van der Waals surface area (Å²) in [5.41, 5.74) is 1.08. The number of aryl methyl sites for hydroxylation is 2. The molecule has 2 rings (SSSR count). The Morgan fingerprint density at radius 3 is 2.71 bits per heavy atom. The van der Waals surface area contributed by atoms with Gasteiger partial charge in [0.2, 0.25) is 0 Å². The Morgan fingerprint density at radius 2 is 2.18 bits per heavy atom. The molecule has 0 spiro atoms. The number of aromatic nitrogens is 4. The van der Waals surface area contributed by atoms with E-state index in [0.29, 0.717) is 6.54 Å². The summed E-state index contributed by atoms with van der Waals surface area (Å²) in [5, 5.41) is 14.7. The minimum Gasteiger partial charge on any atom is -0.317 e. The lowest BCUT2D eigenvalue weighted by Crippen LogP contribution is -2.20. The van der Waals surface area contributed by atoms with Crippen LogP contribution in [-0.2, 0) is 13.6 Å². The van der Waals surface area contributed by atoms with E-state index in [1.807, 2.05) is 25.5 Å². The number of hydrogen-bond acceptors (Lipinski definition) is 5. The molecule has 0 aliphatic heterocycles. The van der Waals surface area contributed by atoms with Crippen molar-refractivity contribution in [2.45, 2.75) is 33.4 Å². The fourth-order valence-electron chi connectivity index (χ4n) is 1.51. The van der Waals surface area contributed by atoms with Gasteiger partial charge in [0, 0.05) is 18.1 Å². The molecule has 1 N–H and O–H groups in total. The standard InChI is InChI=1S/C11H17N5S/c1-7-6-17-11(13-7)8(2)12-5-10-15-14-9(3)16(10)4/h6,8,12H,5H2,1-4H3. The minimum absolute atomic E-state index is 0.241. The lowest BCUT2D eigenvalue weighted by molar-refractivity contribution is 0.544. The predicted molar refractivity (Wildman–Crippen MR) is 67.8 cm³/mol. The Bertz CT molecular complexity index is 502. The normalized spacial score (nSPS) is 12.9. The van der Waals surface area contributed by atoms with Crippen molar-refractivity contribution in [2.24, 2.45) is 7.05 Å². The number of rotatable bonds is 4. The summed E-state index contributed by atoms with van der Waals surface area (Å²) < 4.78 is 1.99. The summed E-state index contributed by atoms with van der Waals surface area (Å²) in [6.07, 6.45) is 0. The van der Waals surface area contributed by atoms with E-state index >= 15 is 0 Å². The van der Waals surface area contributed by atoms with Gasteiger partial charge in [-0.25, -0.2) is 4.98 Å². The Morgan fingerprint density at radius 1 is 1.41 bits per heavy atom. The summed E-state index contributed by atoms with van der Waals surface area (Å²) in [6.45, 7) is 6.78. The second kappa shape index (κ2) is 4.93. The zero-order valence-electron chi connectivity index (χ0n) is 10.6. The van der Waals surface area contributed by atoms with Crippen molar-refractivity contribution in [1.29, 1.82) is 0 Å². The molecule has 0 aliphatic rings. The van der Waals surface area contributed by atoms with Crippen LogP contribution in [0.3, 0.4) is 0 Å². The molecule has 0 fully saturated rings. The van der Waals surface area contributed by atoms with Crippen molar-refractivity contribution < 1.29 is 0 Å². The molecule has 6 heteroatoms. The predicted octanol–water partition coefficient (Wildman–Crippen LogP) is 1.74. The van der Waals surface area contributed by atoms with E-state index in [1.54, 1.807) is 11.3 Å². The van der Waals surface area contributed by atoms with Crippen molar-refractivity contribution in [3.05, 3.63) is 27.7 Å². The quantitative estimate of drug-likeness (QED) is 0.899. The average molecular weight is 251 g/mol. The molecule has 0 amide bonds. The maximum atomic E-state index is 4.46. The molecule has 17 heavy (non-hydrogen) atoms. The van der Waals surface area contributed by atoms with Gasteiger partial charge in [-0.3, -0.25) is 0 Å². The first-order valence-electron chi connectivity index (χ1n) is 5.58. The minimum atomic E-state index is 0.241. The van der Waals surface area contributed by atoms with Gasteiger partial charge in [0.05, 0.1) is 12.6 Å². The number of nitrogens with one attached hydrogen (secondary N) is 1. The molecule has 1 unspecified atom stereocenters. The molecule has 0 saturated heterocycles. The maximum absolute atomic E-state index is 4.46. The van der Waals surface area contributed by atoms with E-state index in [1.165, 1.54) is 0 Å². The van der Waals surface area contributed by atoms with Crippen LogP contribution in [0.1, 0.15) is 35.3 Å². The second-order valence-corrected chi connectivity index (χ2v) is 5.04. The molecule has 0 saturated carbocycles. The third kappa shape index (κ3) is 2.70. The Balaban J connectivity index is 1.96. The van der Waals surface area contributed by atoms with Crippen molar-refractivity contribution >= 4 is 11.3 Å². The molecule has 0 bridgehead atoms. The molecule has 0 aromatic carbocycles. The van der Waals surface area contributed by atoms with Crippen molar-refractivity contribution in [3.8, 4) is 0 Å². The molecule has 5 nitrogen and oxygen atoms in total. The zero-order valence-corrected chi connectivity index (χ0v) is 11.4. The van der Waals surface area contributed by atoms with E-state index in [4.69, 9.17) is 0 Å². The molecular weight excluding hydrogens is 234 g/mol. The van der Waals surface area contributed by atoms with Crippen LogP contribution in [0.2, 0.25) is 0 Å². The number of thiazole rings is 1. The van der Waals surface area contributed by atoms with Gasteiger partial charge in [-0.05, 0) is 20.8 Å². The largest absolute Gasteiger partial charge is 0.317 e. The molecule has 1 atom stereocenters. The van der Waals surface area contributed by atoms with Gasteiger partial charge < -0.3 is 9.88 Å². The van der Waals surface area contributed by atoms with Crippen LogP contribution in [0.25, 0.3) is 0 Å². The van der Waals surface area contributed by atoms with Crippen LogP contribution >= 0.6 is 11.3 Å². The van der Waals surface area contributed by atoms with Gasteiger partial charge in [0.25, 0.3) is 0 Å². The highest BCUT2D eigenvalue weighted by molar-refractivity contribution is 7.09. The Kier molecular flexibility index (Phi) is 3.54. The third-order valence-electron chi connectivity index (χ3n) is 2.76. The number of hydrogen-bond donors (Lipinski definition) is 1. The van der Waals surface area contributed by atoms with Crippen LogP contribution in [0.4, 0.5) is 0 Å². The fraction of sp³-hybridized carbons (Fsp3) is 0.545. The van der Waals surface area contributed by atoms with Crippen LogP contribution in [-0.4, -0.2) is 19.7 Å². The van der Waals surface area contributed by atoms with Gasteiger partial charge in [-0.2, -0.15) is 0 Å². The maximum Gasteiger partial charge on any atom is 0.146 e. The highest BCUT2D eigenvalue weighted by Crippen LogP contribution is 2.17. The summed E-state index contributed by atoms with van der Waals surface area (Å²) >= 11 is 1.69. The van der Waals surface area contributed by atoms with E-state index in [2.05, 4.69) is 32.8 Å². The Labute approximate surface area is 105 Å². The van der Waals surface area contributed by atoms with Crippen LogP contribution in [0.5, 0.6) is 0 Å². The fourth-order valence-corrected chi connectivity index (χ4v) is 2.34. The topological polar surface area (TPSA) is 55.6 Å². The lowest BCUT2D eigenvalue weighted by atomic mass is 10.3. The summed E-state index contributed by atoms with van der Waals surface area (Å²) in [4.78, 5) is 4.46. The first-order valence-corrected chi connectivity index (χ1v) is 6.46. The first-order chi connectivity index (χ1) is 8.08. The van der Waals surface area contributed by atoms with Gasteiger partial charge in [-0.1, -0.05) is 0 Å². The van der Waals surface area contributed by atoms with E-state index in [9.17, 15) is 0 Å². The van der Waals surface area contributed by atoms with Crippen molar-refractivity contribution in [2.75, 3.05) is 0 Å². The van der Waals surface area contributed by atoms with Gasteiger partial charge in [-0.15, -0.1) is 21.5 Å². The molecule has 92 valence electrons. The van der Waals surface area contributed by atoms with Crippen molar-refractivity contribution in [1.82, 2.24) is 25.1 Å². The lowest BCUT2D eigenvalue weighted by Gasteiger charge is -2.10. The third-order valence-corrected chi connectivity index (χ3v) is 3.90.